The summed E-state index contributed by atoms with van der Waals surface area (Å²) in [5.74, 6) is -0.663. The number of rotatable bonds is 4. The van der Waals surface area contributed by atoms with E-state index in [2.05, 4.69) is 5.32 Å². The number of amides is 1. The van der Waals surface area contributed by atoms with Crippen LogP contribution in [0.5, 0.6) is 0 Å². The number of halogens is 1. The highest BCUT2D eigenvalue weighted by Crippen LogP contribution is 2.16. The van der Waals surface area contributed by atoms with Crippen LogP contribution in [0.3, 0.4) is 0 Å². The molecule has 0 aliphatic heterocycles. The van der Waals surface area contributed by atoms with Crippen LogP contribution in [0.15, 0.2) is 36.4 Å². The topological polar surface area (TPSA) is 55.1 Å². The van der Waals surface area contributed by atoms with Crippen molar-refractivity contribution in [3.05, 3.63) is 64.5 Å². The smallest absolute Gasteiger partial charge is 0.248 e. The van der Waals surface area contributed by atoms with Crippen molar-refractivity contribution in [2.45, 2.75) is 20.4 Å². The molecule has 3 nitrogen and oxygen atoms in total. The van der Waals surface area contributed by atoms with E-state index in [4.69, 9.17) is 5.73 Å². The summed E-state index contributed by atoms with van der Waals surface area (Å²) in [6.45, 7) is 4.21. The Morgan fingerprint density at radius 1 is 1.15 bits per heavy atom. The Morgan fingerprint density at radius 3 is 2.50 bits per heavy atom. The van der Waals surface area contributed by atoms with Crippen molar-refractivity contribution in [3.8, 4) is 0 Å². The molecule has 0 bridgehead atoms. The van der Waals surface area contributed by atoms with Crippen molar-refractivity contribution < 1.29 is 9.18 Å². The molecule has 2 aromatic carbocycles. The highest BCUT2D eigenvalue weighted by atomic mass is 19.1. The summed E-state index contributed by atoms with van der Waals surface area (Å²) >= 11 is 0. The summed E-state index contributed by atoms with van der Waals surface area (Å²) in [6.07, 6.45) is 0. The van der Waals surface area contributed by atoms with E-state index < -0.39 is 5.91 Å². The first kappa shape index (κ1) is 14.1. The van der Waals surface area contributed by atoms with Crippen LogP contribution in [-0.4, -0.2) is 5.91 Å². The Morgan fingerprint density at radius 2 is 1.90 bits per heavy atom. The molecule has 3 N–H and O–H groups in total. The van der Waals surface area contributed by atoms with Crippen LogP contribution in [0.2, 0.25) is 0 Å². The molecule has 0 aliphatic rings. The monoisotopic (exact) mass is 272 g/mol. The van der Waals surface area contributed by atoms with Crippen LogP contribution in [0.1, 0.15) is 27.0 Å². The number of carbonyl (C=O) groups excluding carboxylic acids is 1. The second-order valence-corrected chi connectivity index (χ2v) is 4.82. The van der Waals surface area contributed by atoms with Gasteiger partial charge in [0, 0.05) is 17.8 Å². The van der Waals surface area contributed by atoms with Crippen LogP contribution in [0, 0.1) is 19.7 Å². The number of anilines is 1. The maximum absolute atomic E-state index is 13.4. The van der Waals surface area contributed by atoms with Gasteiger partial charge in [-0.25, -0.2) is 4.39 Å². The molecule has 0 heterocycles. The van der Waals surface area contributed by atoms with Crippen LogP contribution in [0.25, 0.3) is 0 Å². The van der Waals surface area contributed by atoms with E-state index in [-0.39, 0.29) is 5.82 Å². The van der Waals surface area contributed by atoms with Crippen molar-refractivity contribution in [3.63, 3.8) is 0 Å². The molecule has 0 aromatic heterocycles. The Bertz CT molecular complexity index is 653. The molecule has 4 heteroatoms. The molecule has 104 valence electrons. The first-order chi connectivity index (χ1) is 9.47. The van der Waals surface area contributed by atoms with Crippen molar-refractivity contribution >= 4 is 11.6 Å². The van der Waals surface area contributed by atoms with E-state index >= 15 is 0 Å². The fourth-order valence-corrected chi connectivity index (χ4v) is 1.95. The molecule has 0 aliphatic carbocycles. The molecule has 20 heavy (non-hydrogen) atoms. The van der Waals surface area contributed by atoms with Crippen LogP contribution < -0.4 is 11.1 Å². The van der Waals surface area contributed by atoms with Crippen molar-refractivity contribution in [1.82, 2.24) is 0 Å². The van der Waals surface area contributed by atoms with Gasteiger partial charge in [0.2, 0.25) is 5.91 Å². The van der Waals surface area contributed by atoms with E-state index in [0.717, 1.165) is 16.8 Å². The third-order valence-corrected chi connectivity index (χ3v) is 3.28. The first-order valence-corrected chi connectivity index (χ1v) is 6.36. The zero-order valence-electron chi connectivity index (χ0n) is 11.5. The number of hydrogen-bond acceptors (Lipinski definition) is 2. The summed E-state index contributed by atoms with van der Waals surface area (Å²) in [6, 6.07) is 10.4. The van der Waals surface area contributed by atoms with Gasteiger partial charge in [-0.05, 0) is 54.8 Å². The Labute approximate surface area is 117 Å². The number of nitrogens with one attached hydrogen (secondary N) is 1. The van der Waals surface area contributed by atoms with Gasteiger partial charge in [-0.15, -0.1) is 0 Å². The fourth-order valence-electron chi connectivity index (χ4n) is 1.95. The number of hydrogen-bond donors (Lipinski definition) is 2. The van der Waals surface area contributed by atoms with Gasteiger partial charge in [0.1, 0.15) is 5.82 Å². The summed E-state index contributed by atoms with van der Waals surface area (Å²) in [5.41, 5.74) is 9.09. The SMILES string of the molecule is Cc1ccc(NCc2ccc(C(N)=O)cc2C)cc1F. The maximum Gasteiger partial charge on any atom is 0.248 e. The van der Waals surface area contributed by atoms with E-state index in [1.165, 1.54) is 6.07 Å². The lowest BCUT2D eigenvalue weighted by Gasteiger charge is -2.10. The second-order valence-electron chi connectivity index (χ2n) is 4.82. The van der Waals surface area contributed by atoms with Crippen molar-refractivity contribution in [2.24, 2.45) is 5.73 Å². The van der Waals surface area contributed by atoms with E-state index in [9.17, 15) is 9.18 Å². The molecule has 0 saturated heterocycles. The Balaban J connectivity index is 2.10. The van der Waals surface area contributed by atoms with E-state index in [1.807, 2.05) is 19.1 Å². The van der Waals surface area contributed by atoms with E-state index in [1.54, 1.807) is 25.1 Å². The molecular weight excluding hydrogens is 255 g/mol. The summed E-state index contributed by atoms with van der Waals surface area (Å²) in [5, 5.41) is 3.16. The van der Waals surface area contributed by atoms with Gasteiger partial charge in [-0.2, -0.15) is 0 Å². The zero-order valence-corrected chi connectivity index (χ0v) is 11.5. The van der Waals surface area contributed by atoms with Crippen LogP contribution in [-0.2, 0) is 6.54 Å². The Hall–Kier alpha value is -2.36. The summed E-state index contributed by atoms with van der Waals surface area (Å²) < 4.78 is 13.4. The highest BCUT2D eigenvalue weighted by molar-refractivity contribution is 5.93. The van der Waals surface area contributed by atoms with Gasteiger partial charge < -0.3 is 11.1 Å². The highest BCUT2D eigenvalue weighted by Gasteiger charge is 2.05. The van der Waals surface area contributed by atoms with Crippen molar-refractivity contribution in [1.29, 1.82) is 0 Å². The average molecular weight is 272 g/mol. The molecule has 0 fully saturated rings. The third-order valence-electron chi connectivity index (χ3n) is 3.28. The molecular formula is C16H17FN2O. The van der Waals surface area contributed by atoms with Gasteiger partial charge >= 0.3 is 0 Å². The van der Waals surface area contributed by atoms with Gasteiger partial charge in [0.25, 0.3) is 0 Å². The van der Waals surface area contributed by atoms with Crippen LogP contribution >= 0.6 is 0 Å². The lowest BCUT2D eigenvalue weighted by Crippen LogP contribution is -2.11. The second kappa shape index (κ2) is 5.74. The van der Waals surface area contributed by atoms with Gasteiger partial charge in [0.05, 0.1) is 0 Å². The molecule has 2 aromatic rings. The minimum Gasteiger partial charge on any atom is -0.381 e. The minimum absolute atomic E-state index is 0.226. The predicted octanol–water partition coefficient (Wildman–Crippen LogP) is 3.15. The summed E-state index contributed by atoms with van der Waals surface area (Å²) in [4.78, 5) is 11.1. The number of aryl methyl sites for hydroxylation is 2. The molecule has 0 spiro atoms. The van der Waals surface area contributed by atoms with Gasteiger partial charge in [-0.3, -0.25) is 4.79 Å². The zero-order chi connectivity index (χ0) is 14.7. The lowest BCUT2D eigenvalue weighted by molar-refractivity contribution is 0.1000. The predicted molar refractivity (Wildman–Crippen MR) is 78.2 cm³/mol. The first-order valence-electron chi connectivity index (χ1n) is 6.36. The van der Waals surface area contributed by atoms with Gasteiger partial charge in [0.15, 0.2) is 0 Å². The number of nitrogens with two attached hydrogens (primary N) is 1. The number of benzene rings is 2. The van der Waals surface area contributed by atoms with Gasteiger partial charge in [-0.1, -0.05) is 12.1 Å². The minimum atomic E-state index is -0.437. The average Bonchev–Trinajstić information content (AvgIpc) is 2.41. The van der Waals surface area contributed by atoms with Crippen LogP contribution in [0.4, 0.5) is 10.1 Å². The standard InChI is InChI=1S/C16H17FN2O/c1-10-3-6-14(8-15(10)17)19-9-13-5-4-12(16(18)20)7-11(13)2/h3-8,19H,9H2,1-2H3,(H2,18,20). The fraction of sp³-hybridized carbons (Fsp3) is 0.188. The lowest BCUT2D eigenvalue weighted by atomic mass is 10.0. The number of primary amides is 1. The molecule has 0 radical (unpaired) electrons. The molecule has 1 amide bonds. The quantitative estimate of drug-likeness (QED) is 0.898. The van der Waals surface area contributed by atoms with E-state index in [0.29, 0.717) is 17.7 Å². The largest absolute Gasteiger partial charge is 0.381 e. The molecule has 0 saturated carbocycles. The molecule has 2 rings (SSSR count). The van der Waals surface area contributed by atoms with Crippen molar-refractivity contribution in [2.75, 3.05) is 5.32 Å². The normalized spacial score (nSPS) is 10.3. The maximum atomic E-state index is 13.4. The third kappa shape index (κ3) is 3.15. The Kier molecular flexibility index (Phi) is 4.03. The molecule has 0 unspecified atom stereocenters. The number of carbonyl (C=O) groups is 1. The summed E-state index contributed by atoms with van der Waals surface area (Å²) in [7, 11) is 0. The molecule has 0 atom stereocenters.